The molecule has 3 nitrogen and oxygen atoms in total. The minimum Gasteiger partial charge on any atom is -0.481 e. The fourth-order valence-electron chi connectivity index (χ4n) is 2.24. The van der Waals surface area contributed by atoms with Crippen LogP contribution in [0.3, 0.4) is 0 Å². The summed E-state index contributed by atoms with van der Waals surface area (Å²) in [5.41, 5.74) is 2.19. The second-order valence-electron chi connectivity index (χ2n) is 5.66. The SMILES string of the molecule is CC(Oc1ccccc1C(C)C)C(=O)NCc1ccccc1. The minimum atomic E-state index is -0.524. The van der Waals surface area contributed by atoms with Crippen LogP contribution in [0.15, 0.2) is 54.6 Å². The highest BCUT2D eigenvalue weighted by molar-refractivity contribution is 5.80. The van der Waals surface area contributed by atoms with Gasteiger partial charge in [-0.1, -0.05) is 62.4 Å². The van der Waals surface area contributed by atoms with Gasteiger partial charge in [0.15, 0.2) is 6.10 Å². The van der Waals surface area contributed by atoms with Crippen LogP contribution in [0, 0.1) is 0 Å². The van der Waals surface area contributed by atoms with Gasteiger partial charge < -0.3 is 10.1 Å². The third-order valence-corrected chi connectivity index (χ3v) is 3.52. The first-order valence-electron chi connectivity index (χ1n) is 7.65. The Labute approximate surface area is 132 Å². The number of rotatable bonds is 6. The van der Waals surface area contributed by atoms with Crippen LogP contribution >= 0.6 is 0 Å². The zero-order valence-corrected chi connectivity index (χ0v) is 13.4. The lowest BCUT2D eigenvalue weighted by molar-refractivity contribution is -0.127. The Morgan fingerprint density at radius 1 is 1.00 bits per heavy atom. The van der Waals surface area contributed by atoms with Crippen LogP contribution in [0.5, 0.6) is 5.75 Å². The van der Waals surface area contributed by atoms with Gasteiger partial charge in [0.1, 0.15) is 5.75 Å². The van der Waals surface area contributed by atoms with Crippen molar-refractivity contribution in [2.45, 2.75) is 39.3 Å². The lowest BCUT2D eigenvalue weighted by Crippen LogP contribution is -2.36. The molecule has 1 unspecified atom stereocenters. The summed E-state index contributed by atoms with van der Waals surface area (Å²) in [4.78, 5) is 12.2. The Bertz CT molecular complexity index is 608. The highest BCUT2D eigenvalue weighted by Crippen LogP contribution is 2.26. The largest absolute Gasteiger partial charge is 0.481 e. The molecule has 0 aliphatic rings. The van der Waals surface area contributed by atoms with Crippen molar-refractivity contribution in [1.82, 2.24) is 5.32 Å². The molecule has 22 heavy (non-hydrogen) atoms. The Kier molecular flexibility index (Phi) is 5.59. The molecule has 0 heterocycles. The Morgan fingerprint density at radius 3 is 2.32 bits per heavy atom. The van der Waals surface area contributed by atoms with E-state index in [0.29, 0.717) is 12.5 Å². The fourth-order valence-corrected chi connectivity index (χ4v) is 2.24. The van der Waals surface area contributed by atoms with Gasteiger partial charge in [0.25, 0.3) is 5.91 Å². The standard InChI is InChI=1S/C19H23NO2/c1-14(2)17-11-7-8-12-18(17)22-15(3)19(21)20-13-16-9-5-4-6-10-16/h4-12,14-15H,13H2,1-3H3,(H,20,21). The maximum atomic E-state index is 12.2. The van der Waals surface area contributed by atoms with E-state index in [1.807, 2.05) is 54.6 Å². The molecule has 0 aliphatic carbocycles. The summed E-state index contributed by atoms with van der Waals surface area (Å²) in [5.74, 6) is 1.03. The van der Waals surface area contributed by atoms with E-state index in [1.54, 1.807) is 6.92 Å². The van der Waals surface area contributed by atoms with E-state index in [4.69, 9.17) is 4.74 Å². The van der Waals surface area contributed by atoms with Crippen molar-refractivity contribution in [3.8, 4) is 5.75 Å². The van der Waals surface area contributed by atoms with E-state index in [2.05, 4.69) is 19.2 Å². The molecule has 2 rings (SSSR count). The summed E-state index contributed by atoms with van der Waals surface area (Å²) in [6.07, 6.45) is -0.524. The highest BCUT2D eigenvalue weighted by Gasteiger charge is 2.16. The predicted octanol–water partition coefficient (Wildman–Crippen LogP) is 3.89. The summed E-state index contributed by atoms with van der Waals surface area (Å²) < 4.78 is 5.84. The van der Waals surface area contributed by atoms with Gasteiger partial charge in [-0.25, -0.2) is 0 Å². The third kappa shape index (κ3) is 4.35. The van der Waals surface area contributed by atoms with Crippen molar-refractivity contribution in [3.63, 3.8) is 0 Å². The molecule has 0 bridgehead atoms. The quantitative estimate of drug-likeness (QED) is 0.878. The normalized spacial score (nSPS) is 12.0. The first-order valence-corrected chi connectivity index (χ1v) is 7.65. The van der Waals surface area contributed by atoms with E-state index in [9.17, 15) is 4.79 Å². The van der Waals surface area contributed by atoms with Crippen molar-refractivity contribution in [3.05, 3.63) is 65.7 Å². The van der Waals surface area contributed by atoms with Gasteiger partial charge in [-0.05, 0) is 30.0 Å². The molecular weight excluding hydrogens is 274 g/mol. The number of hydrogen-bond donors (Lipinski definition) is 1. The second-order valence-corrected chi connectivity index (χ2v) is 5.66. The second kappa shape index (κ2) is 7.64. The highest BCUT2D eigenvalue weighted by atomic mass is 16.5. The predicted molar refractivity (Wildman–Crippen MR) is 88.9 cm³/mol. The van der Waals surface area contributed by atoms with Crippen LogP contribution in [0.4, 0.5) is 0 Å². The van der Waals surface area contributed by atoms with Crippen LogP contribution in [-0.4, -0.2) is 12.0 Å². The molecule has 0 radical (unpaired) electrons. The third-order valence-electron chi connectivity index (χ3n) is 3.52. The average Bonchev–Trinajstić information content (AvgIpc) is 2.53. The lowest BCUT2D eigenvalue weighted by atomic mass is 10.0. The first kappa shape index (κ1) is 16.1. The lowest BCUT2D eigenvalue weighted by Gasteiger charge is -2.18. The first-order chi connectivity index (χ1) is 10.6. The van der Waals surface area contributed by atoms with Crippen LogP contribution in [-0.2, 0) is 11.3 Å². The summed E-state index contributed by atoms with van der Waals surface area (Å²) in [5, 5.41) is 2.90. The van der Waals surface area contributed by atoms with Gasteiger partial charge in [0.2, 0.25) is 0 Å². The molecular formula is C19H23NO2. The maximum Gasteiger partial charge on any atom is 0.261 e. The summed E-state index contributed by atoms with van der Waals surface area (Å²) >= 11 is 0. The Morgan fingerprint density at radius 2 is 1.64 bits per heavy atom. The summed E-state index contributed by atoms with van der Waals surface area (Å²) in [6.45, 7) is 6.52. The molecule has 1 N–H and O–H groups in total. The van der Waals surface area contributed by atoms with Gasteiger partial charge in [-0.3, -0.25) is 4.79 Å². The molecule has 0 aliphatic heterocycles. The van der Waals surface area contributed by atoms with E-state index in [0.717, 1.165) is 16.9 Å². The Hall–Kier alpha value is -2.29. The van der Waals surface area contributed by atoms with Gasteiger partial charge in [0, 0.05) is 6.54 Å². The Balaban J connectivity index is 1.94. The zero-order valence-electron chi connectivity index (χ0n) is 13.4. The zero-order chi connectivity index (χ0) is 15.9. The number of para-hydroxylation sites is 1. The molecule has 116 valence electrons. The smallest absolute Gasteiger partial charge is 0.261 e. The summed E-state index contributed by atoms with van der Waals surface area (Å²) in [6, 6.07) is 17.7. The fraction of sp³-hybridized carbons (Fsp3) is 0.316. The van der Waals surface area contributed by atoms with Gasteiger partial charge in [-0.2, -0.15) is 0 Å². The molecule has 0 spiro atoms. The molecule has 1 amide bonds. The number of amides is 1. The molecule has 3 heteroatoms. The topological polar surface area (TPSA) is 38.3 Å². The van der Waals surface area contributed by atoms with Crippen LogP contribution in [0.1, 0.15) is 37.8 Å². The van der Waals surface area contributed by atoms with Crippen LogP contribution < -0.4 is 10.1 Å². The van der Waals surface area contributed by atoms with Crippen LogP contribution in [0.25, 0.3) is 0 Å². The van der Waals surface area contributed by atoms with Gasteiger partial charge >= 0.3 is 0 Å². The molecule has 0 saturated carbocycles. The van der Waals surface area contributed by atoms with Crippen molar-refractivity contribution in [2.75, 3.05) is 0 Å². The number of carbonyl (C=O) groups excluding carboxylic acids is 1. The van der Waals surface area contributed by atoms with Crippen molar-refractivity contribution in [2.24, 2.45) is 0 Å². The van der Waals surface area contributed by atoms with Gasteiger partial charge in [0.05, 0.1) is 0 Å². The maximum absolute atomic E-state index is 12.2. The number of nitrogens with one attached hydrogen (secondary N) is 1. The molecule has 0 fully saturated rings. The molecule has 0 saturated heterocycles. The van der Waals surface area contributed by atoms with E-state index < -0.39 is 6.10 Å². The molecule has 2 aromatic rings. The molecule has 1 atom stereocenters. The van der Waals surface area contributed by atoms with E-state index >= 15 is 0 Å². The summed E-state index contributed by atoms with van der Waals surface area (Å²) in [7, 11) is 0. The van der Waals surface area contributed by atoms with Crippen molar-refractivity contribution >= 4 is 5.91 Å². The van der Waals surface area contributed by atoms with Crippen molar-refractivity contribution in [1.29, 1.82) is 0 Å². The number of ether oxygens (including phenoxy) is 1. The van der Waals surface area contributed by atoms with Crippen LogP contribution in [0.2, 0.25) is 0 Å². The van der Waals surface area contributed by atoms with E-state index in [1.165, 1.54) is 0 Å². The number of carbonyl (C=O) groups is 1. The van der Waals surface area contributed by atoms with E-state index in [-0.39, 0.29) is 5.91 Å². The number of hydrogen-bond acceptors (Lipinski definition) is 2. The monoisotopic (exact) mass is 297 g/mol. The van der Waals surface area contributed by atoms with Gasteiger partial charge in [-0.15, -0.1) is 0 Å². The molecule has 2 aromatic carbocycles. The average molecular weight is 297 g/mol. The van der Waals surface area contributed by atoms with Crippen molar-refractivity contribution < 1.29 is 9.53 Å². The molecule has 0 aromatic heterocycles. The minimum absolute atomic E-state index is 0.109. The number of benzene rings is 2.